The zero-order valence-electron chi connectivity index (χ0n) is 10.5. The van der Waals surface area contributed by atoms with Crippen molar-refractivity contribution in [1.82, 2.24) is 4.90 Å². The van der Waals surface area contributed by atoms with Gasteiger partial charge in [0, 0.05) is 11.0 Å². The molecule has 1 saturated heterocycles. The van der Waals surface area contributed by atoms with Crippen molar-refractivity contribution in [3.05, 3.63) is 28.5 Å². The average molecular weight is 316 g/mol. The molecule has 0 amide bonds. The lowest BCUT2D eigenvalue weighted by Crippen LogP contribution is -2.31. The van der Waals surface area contributed by atoms with Crippen LogP contribution in [0.3, 0.4) is 0 Å². The van der Waals surface area contributed by atoms with E-state index < -0.39 is 0 Å². The summed E-state index contributed by atoms with van der Waals surface area (Å²) < 4.78 is 19.7. The van der Waals surface area contributed by atoms with Crippen molar-refractivity contribution in [2.24, 2.45) is 0 Å². The topological polar surface area (TPSA) is 12.5 Å². The normalized spacial score (nSPS) is 16.8. The highest BCUT2D eigenvalue weighted by Crippen LogP contribution is 2.21. The number of ether oxygens (including phenoxy) is 1. The average Bonchev–Trinajstić information content (AvgIpc) is 2.38. The maximum Gasteiger partial charge on any atom is 0.166 e. The molecule has 2 rings (SSSR count). The fourth-order valence-electron chi connectivity index (χ4n) is 2.25. The fourth-order valence-corrected chi connectivity index (χ4v) is 2.58. The van der Waals surface area contributed by atoms with E-state index in [1.165, 1.54) is 38.4 Å². The van der Waals surface area contributed by atoms with Crippen LogP contribution in [0.1, 0.15) is 25.7 Å². The summed E-state index contributed by atoms with van der Waals surface area (Å²) in [5.41, 5.74) is 0. The zero-order chi connectivity index (χ0) is 12.8. The molecule has 0 aliphatic carbocycles. The molecule has 0 radical (unpaired) electrons. The number of halogens is 2. The Balaban J connectivity index is 1.68. The van der Waals surface area contributed by atoms with E-state index in [-0.39, 0.29) is 5.82 Å². The molecular formula is C14H19BrFNO. The summed E-state index contributed by atoms with van der Waals surface area (Å²) in [4.78, 5) is 2.46. The summed E-state index contributed by atoms with van der Waals surface area (Å²) in [5, 5.41) is 0. The van der Waals surface area contributed by atoms with E-state index in [0.29, 0.717) is 12.4 Å². The maximum absolute atomic E-state index is 13.5. The summed E-state index contributed by atoms with van der Waals surface area (Å²) >= 11 is 3.23. The van der Waals surface area contributed by atoms with Crippen LogP contribution in [-0.4, -0.2) is 31.1 Å². The highest BCUT2D eigenvalue weighted by molar-refractivity contribution is 9.10. The molecule has 0 aromatic heterocycles. The van der Waals surface area contributed by atoms with Crippen molar-refractivity contribution in [2.45, 2.75) is 25.7 Å². The van der Waals surface area contributed by atoms with Crippen molar-refractivity contribution in [2.75, 3.05) is 26.2 Å². The third-order valence-electron chi connectivity index (χ3n) is 3.22. The highest BCUT2D eigenvalue weighted by Gasteiger charge is 2.09. The van der Waals surface area contributed by atoms with E-state index in [4.69, 9.17) is 4.74 Å². The van der Waals surface area contributed by atoms with Crippen LogP contribution in [-0.2, 0) is 0 Å². The molecule has 100 valence electrons. The zero-order valence-corrected chi connectivity index (χ0v) is 12.1. The second-order valence-electron chi connectivity index (χ2n) is 4.68. The minimum absolute atomic E-state index is 0.303. The van der Waals surface area contributed by atoms with Crippen molar-refractivity contribution < 1.29 is 9.13 Å². The Morgan fingerprint density at radius 3 is 2.72 bits per heavy atom. The van der Waals surface area contributed by atoms with Gasteiger partial charge in [-0.1, -0.05) is 22.4 Å². The smallest absolute Gasteiger partial charge is 0.166 e. The number of piperidine rings is 1. The molecule has 0 spiro atoms. The van der Waals surface area contributed by atoms with E-state index in [9.17, 15) is 4.39 Å². The van der Waals surface area contributed by atoms with Crippen LogP contribution >= 0.6 is 15.9 Å². The van der Waals surface area contributed by atoms with E-state index >= 15 is 0 Å². The molecule has 0 saturated carbocycles. The van der Waals surface area contributed by atoms with Gasteiger partial charge in [0.25, 0.3) is 0 Å². The van der Waals surface area contributed by atoms with Gasteiger partial charge in [-0.2, -0.15) is 0 Å². The second-order valence-corrected chi connectivity index (χ2v) is 5.59. The third-order valence-corrected chi connectivity index (χ3v) is 3.71. The molecule has 0 unspecified atom stereocenters. The Labute approximate surface area is 116 Å². The first kappa shape index (κ1) is 13.8. The number of rotatable bonds is 5. The van der Waals surface area contributed by atoms with Gasteiger partial charge in [-0.25, -0.2) is 4.39 Å². The van der Waals surface area contributed by atoms with E-state index in [1.807, 2.05) is 0 Å². The predicted molar refractivity (Wildman–Crippen MR) is 74.5 cm³/mol. The van der Waals surface area contributed by atoms with Crippen LogP contribution < -0.4 is 4.74 Å². The van der Waals surface area contributed by atoms with Gasteiger partial charge in [0.1, 0.15) is 0 Å². The van der Waals surface area contributed by atoms with E-state index in [1.54, 1.807) is 12.1 Å². The number of benzene rings is 1. The van der Waals surface area contributed by atoms with Gasteiger partial charge < -0.3 is 9.64 Å². The standard InChI is InChI=1S/C14H19BrFNO/c15-12-5-6-14(13(16)11-12)18-10-4-9-17-7-2-1-3-8-17/h5-6,11H,1-4,7-10H2. The lowest BCUT2D eigenvalue weighted by atomic mass is 10.1. The van der Waals surface area contributed by atoms with E-state index in [0.717, 1.165) is 17.4 Å². The summed E-state index contributed by atoms with van der Waals surface area (Å²) in [5.74, 6) is 0.0409. The first-order chi connectivity index (χ1) is 8.75. The first-order valence-electron chi connectivity index (χ1n) is 6.56. The first-order valence-corrected chi connectivity index (χ1v) is 7.35. The van der Waals surface area contributed by atoms with Crippen molar-refractivity contribution in [3.63, 3.8) is 0 Å². The maximum atomic E-state index is 13.5. The number of likely N-dealkylation sites (tertiary alicyclic amines) is 1. The Morgan fingerprint density at radius 2 is 2.00 bits per heavy atom. The molecule has 1 aromatic carbocycles. The lowest BCUT2D eigenvalue weighted by Gasteiger charge is -2.26. The van der Waals surface area contributed by atoms with Crippen LogP contribution in [0.25, 0.3) is 0 Å². The predicted octanol–water partition coefficient (Wildman–Crippen LogP) is 3.84. The monoisotopic (exact) mass is 315 g/mol. The Morgan fingerprint density at radius 1 is 1.22 bits per heavy atom. The van der Waals surface area contributed by atoms with Gasteiger partial charge in [-0.05, 0) is 50.6 Å². The fraction of sp³-hybridized carbons (Fsp3) is 0.571. The number of hydrogen-bond acceptors (Lipinski definition) is 2. The lowest BCUT2D eigenvalue weighted by molar-refractivity contribution is 0.203. The summed E-state index contributed by atoms with van der Waals surface area (Å²) in [6, 6.07) is 4.89. The summed E-state index contributed by atoms with van der Waals surface area (Å²) in [6.07, 6.45) is 4.93. The van der Waals surface area contributed by atoms with Crippen LogP contribution in [0.2, 0.25) is 0 Å². The Hall–Kier alpha value is -0.610. The largest absolute Gasteiger partial charge is 0.490 e. The highest BCUT2D eigenvalue weighted by atomic mass is 79.9. The SMILES string of the molecule is Fc1cc(Br)ccc1OCCCN1CCCCC1. The van der Waals surface area contributed by atoms with E-state index in [2.05, 4.69) is 20.8 Å². The molecule has 1 fully saturated rings. The molecule has 2 nitrogen and oxygen atoms in total. The van der Waals surface area contributed by atoms with Crippen molar-refractivity contribution in [3.8, 4) is 5.75 Å². The van der Waals surface area contributed by atoms with Crippen LogP contribution in [0.5, 0.6) is 5.75 Å². The molecule has 1 aromatic rings. The van der Waals surface area contributed by atoms with Crippen LogP contribution in [0.15, 0.2) is 22.7 Å². The minimum atomic E-state index is -0.303. The molecule has 0 N–H and O–H groups in total. The molecule has 0 atom stereocenters. The number of nitrogens with zero attached hydrogens (tertiary/aromatic N) is 1. The van der Waals surface area contributed by atoms with Crippen LogP contribution in [0.4, 0.5) is 4.39 Å². The summed E-state index contributed by atoms with van der Waals surface area (Å²) in [6.45, 7) is 4.03. The molecule has 1 aliphatic heterocycles. The molecule has 0 bridgehead atoms. The van der Waals surface area contributed by atoms with Gasteiger partial charge in [-0.15, -0.1) is 0 Å². The van der Waals surface area contributed by atoms with Crippen molar-refractivity contribution >= 4 is 15.9 Å². The molecule has 1 aliphatic rings. The van der Waals surface area contributed by atoms with Gasteiger partial charge in [0.2, 0.25) is 0 Å². The number of hydrogen-bond donors (Lipinski definition) is 0. The third kappa shape index (κ3) is 4.25. The molecule has 1 heterocycles. The van der Waals surface area contributed by atoms with Crippen LogP contribution in [0, 0.1) is 5.82 Å². The van der Waals surface area contributed by atoms with Gasteiger partial charge in [-0.3, -0.25) is 0 Å². The van der Waals surface area contributed by atoms with Gasteiger partial charge in [0.15, 0.2) is 11.6 Å². The molecule has 4 heteroatoms. The second kappa shape index (κ2) is 7.10. The summed E-state index contributed by atoms with van der Waals surface area (Å²) in [7, 11) is 0. The quantitative estimate of drug-likeness (QED) is 0.765. The Bertz CT molecular complexity index is 380. The molecular weight excluding hydrogens is 297 g/mol. The minimum Gasteiger partial charge on any atom is -0.490 e. The van der Waals surface area contributed by atoms with Crippen molar-refractivity contribution in [1.29, 1.82) is 0 Å². The van der Waals surface area contributed by atoms with Gasteiger partial charge in [0.05, 0.1) is 6.61 Å². The van der Waals surface area contributed by atoms with Gasteiger partial charge >= 0.3 is 0 Å². The Kier molecular flexibility index (Phi) is 5.45. The molecule has 18 heavy (non-hydrogen) atoms.